The summed E-state index contributed by atoms with van der Waals surface area (Å²) in [4.78, 5) is 15.6. The van der Waals surface area contributed by atoms with Crippen molar-refractivity contribution in [2.75, 3.05) is 27.4 Å². The Labute approximate surface area is 140 Å². The molecule has 0 bridgehead atoms. The minimum atomic E-state index is -0.251. The summed E-state index contributed by atoms with van der Waals surface area (Å²) in [5.74, 6) is 1.91. The molecule has 2 N–H and O–H groups in total. The van der Waals surface area contributed by atoms with E-state index in [1.54, 1.807) is 44.8 Å². The fourth-order valence-corrected chi connectivity index (χ4v) is 1.94. The Morgan fingerprint density at radius 3 is 2.25 bits per heavy atom. The summed E-state index contributed by atoms with van der Waals surface area (Å²) in [6, 6.07) is 8.72. The maximum atomic E-state index is 11.7. The molecule has 2 aromatic rings. The molecule has 0 aliphatic rings. The topological polar surface area (TPSA) is 81.7 Å². The summed E-state index contributed by atoms with van der Waals surface area (Å²) in [5.41, 5.74) is 0.986. The number of ether oxygens (including phenoxy) is 3. The van der Waals surface area contributed by atoms with Crippen LogP contribution in [0.3, 0.4) is 0 Å². The third kappa shape index (κ3) is 5.68. The molecule has 0 fully saturated rings. The van der Waals surface area contributed by atoms with Crippen molar-refractivity contribution < 1.29 is 19.0 Å². The van der Waals surface area contributed by atoms with Gasteiger partial charge in [0.2, 0.25) is 0 Å². The SMILES string of the molecule is COc1cc(OC)cc(OCCNC(=O)NCc2ccncc2)c1. The van der Waals surface area contributed by atoms with Crippen LogP contribution in [0.2, 0.25) is 0 Å². The molecule has 0 aliphatic carbocycles. The normalized spacial score (nSPS) is 9.92. The number of pyridine rings is 1. The summed E-state index contributed by atoms with van der Waals surface area (Å²) >= 11 is 0. The molecule has 1 aromatic carbocycles. The predicted molar refractivity (Wildman–Crippen MR) is 89.5 cm³/mol. The molecule has 0 spiro atoms. The van der Waals surface area contributed by atoms with Crippen LogP contribution in [0.4, 0.5) is 4.79 Å². The fourth-order valence-electron chi connectivity index (χ4n) is 1.94. The Morgan fingerprint density at radius 2 is 1.62 bits per heavy atom. The van der Waals surface area contributed by atoms with Crippen molar-refractivity contribution in [2.24, 2.45) is 0 Å². The minimum Gasteiger partial charge on any atom is -0.496 e. The van der Waals surface area contributed by atoms with Crippen LogP contribution in [0.1, 0.15) is 5.56 Å². The lowest BCUT2D eigenvalue weighted by Crippen LogP contribution is -2.37. The number of hydrogen-bond acceptors (Lipinski definition) is 5. The first-order chi connectivity index (χ1) is 11.7. The lowest BCUT2D eigenvalue weighted by molar-refractivity contribution is 0.236. The first kappa shape index (κ1) is 17.4. The van der Waals surface area contributed by atoms with Crippen LogP contribution in [0.25, 0.3) is 0 Å². The Hall–Kier alpha value is -2.96. The Bertz CT molecular complexity index is 627. The molecule has 24 heavy (non-hydrogen) atoms. The quantitative estimate of drug-likeness (QED) is 0.723. The van der Waals surface area contributed by atoms with Gasteiger partial charge in [0.15, 0.2) is 0 Å². The van der Waals surface area contributed by atoms with Gasteiger partial charge in [-0.2, -0.15) is 0 Å². The van der Waals surface area contributed by atoms with Crippen LogP contribution in [0, 0.1) is 0 Å². The van der Waals surface area contributed by atoms with Crippen molar-refractivity contribution in [2.45, 2.75) is 6.54 Å². The van der Waals surface area contributed by atoms with Crippen molar-refractivity contribution >= 4 is 6.03 Å². The zero-order chi connectivity index (χ0) is 17.2. The molecule has 7 nitrogen and oxygen atoms in total. The van der Waals surface area contributed by atoms with Crippen LogP contribution in [-0.4, -0.2) is 38.4 Å². The molecule has 1 aromatic heterocycles. The van der Waals surface area contributed by atoms with Crippen LogP contribution in [0.5, 0.6) is 17.2 Å². The monoisotopic (exact) mass is 331 g/mol. The standard InChI is InChI=1S/C17H21N3O4/c1-22-14-9-15(23-2)11-16(10-14)24-8-7-19-17(21)20-12-13-3-5-18-6-4-13/h3-6,9-11H,7-8,12H2,1-2H3,(H2,19,20,21). The molecule has 0 saturated heterocycles. The number of urea groups is 1. The van der Waals surface area contributed by atoms with E-state index in [1.807, 2.05) is 12.1 Å². The van der Waals surface area contributed by atoms with E-state index < -0.39 is 0 Å². The number of carbonyl (C=O) groups is 1. The van der Waals surface area contributed by atoms with Gasteiger partial charge in [0.25, 0.3) is 0 Å². The average Bonchev–Trinajstić information content (AvgIpc) is 2.64. The summed E-state index contributed by atoms with van der Waals surface area (Å²) in [7, 11) is 3.15. The number of benzene rings is 1. The van der Waals surface area contributed by atoms with Crippen molar-refractivity contribution in [3.63, 3.8) is 0 Å². The molecule has 0 unspecified atom stereocenters. The molecule has 0 radical (unpaired) electrons. The van der Waals surface area contributed by atoms with Gasteiger partial charge in [-0.25, -0.2) is 4.79 Å². The van der Waals surface area contributed by atoms with Crippen molar-refractivity contribution in [3.05, 3.63) is 48.3 Å². The lowest BCUT2D eigenvalue weighted by Gasteiger charge is -2.11. The number of rotatable bonds is 8. The predicted octanol–water partition coefficient (Wildman–Crippen LogP) is 1.98. The van der Waals surface area contributed by atoms with Gasteiger partial charge >= 0.3 is 6.03 Å². The average molecular weight is 331 g/mol. The highest BCUT2D eigenvalue weighted by molar-refractivity contribution is 5.73. The second kappa shape index (κ2) is 9.24. The second-order valence-corrected chi connectivity index (χ2v) is 4.86. The second-order valence-electron chi connectivity index (χ2n) is 4.86. The molecule has 0 atom stereocenters. The van der Waals surface area contributed by atoms with Gasteiger partial charge < -0.3 is 24.8 Å². The van der Waals surface area contributed by atoms with E-state index in [0.29, 0.717) is 36.9 Å². The van der Waals surface area contributed by atoms with E-state index in [-0.39, 0.29) is 6.03 Å². The van der Waals surface area contributed by atoms with Gasteiger partial charge in [-0.15, -0.1) is 0 Å². The molecular formula is C17H21N3O4. The maximum absolute atomic E-state index is 11.7. The van der Waals surface area contributed by atoms with Crippen molar-refractivity contribution in [1.82, 2.24) is 15.6 Å². The Kier molecular flexibility index (Phi) is 6.70. The molecule has 7 heteroatoms. The van der Waals surface area contributed by atoms with Crippen LogP contribution >= 0.6 is 0 Å². The summed E-state index contributed by atoms with van der Waals surface area (Å²) in [5, 5.41) is 5.49. The van der Waals surface area contributed by atoms with Gasteiger partial charge in [0.05, 0.1) is 20.8 Å². The lowest BCUT2D eigenvalue weighted by atomic mass is 10.3. The van der Waals surface area contributed by atoms with Gasteiger partial charge in [-0.3, -0.25) is 4.98 Å². The van der Waals surface area contributed by atoms with E-state index in [0.717, 1.165) is 5.56 Å². The zero-order valence-corrected chi connectivity index (χ0v) is 13.7. The van der Waals surface area contributed by atoms with E-state index in [2.05, 4.69) is 15.6 Å². The van der Waals surface area contributed by atoms with Crippen molar-refractivity contribution in [3.8, 4) is 17.2 Å². The largest absolute Gasteiger partial charge is 0.496 e. The molecule has 0 saturated carbocycles. The molecular weight excluding hydrogens is 310 g/mol. The molecule has 1 heterocycles. The summed E-state index contributed by atoms with van der Waals surface area (Å²) < 4.78 is 15.9. The number of hydrogen-bond donors (Lipinski definition) is 2. The van der Waals surface area contributed by atoms with E-state index >= 15 is 0 Å². The van der Waals surface area contributed by atoms with E-state index in [4.69, 9.17) is 14.2 Å². The Balaban J connectivity index is 1.69. The van der Waals surface area contributed by atoms with Crippen LogP contribution in [0.15, 0.2) is 42.7 Å². The highest BCUT2D eigenvalue weighted by Crippen LogP contribution is 2.27. The third-order valence-corrected chi connectivity index (χ3v) is 3.18. The first-order valence-electron chi connectivity index (χ1n) is 7.47. The number of aromatic nitrogens is 1. The first-order valence-corrected chi connectivity index (χ1v) is 7.47. The summed E-state index contributed by atoms with van der Waals surface area (Å²) in [6.45, 7) is 1.16. The van der Waals surface area contributed by atoms with Crippen LogP contribution < -0.4 is 24.8 Å². The van der Waals surface area contributed by atoms with Crippen molar-refractivity contribution in [1.29, 1.82) is 0 Å². The number of methoxy groups -OCH3 is 2. The molecule has 0 aliphatic heterocycles. The third-order valence-electron chi connectivity index (χ3n) is 3.18. The van der Waals surface area contributed by atoms with Gasteiger partial charge in [-0.1, -0.05) is 0 Å². The van der Waals surface area contributed by atoms with Crippen LogP contribution in [-0.2, 0) is 6.54 Å². The summed E-state index contributed by atoms with van der Waals surface area (Å²) in [6.07, 6.45) is 3.37. The minimum absolute atomic E-state index is 0.251. The number of amides is 2. The van der Waals surface area contributed by atoms with E-state index in [9.17, 15) is 4.79 Å². The van der Waals surface area contributed by atoms with Gasteiger partial charge in [0, 0.05) is 37.1 Å². The van der Waals surface area contributed by atoms with Gasteiger partial charge in [0.1, 0.15) is 23.9 Å². The number of carbonyl (C=O) groups excluding carboxylic acids is 1. The van der Waals surface area contributed by atoms with E-state index in [1.165, 1.54) is 0 Å². The highest BCUT2D eigenvalue weighted by Gasteiger charge is 2.04. The maximum Gasteiger partial charge on any atom is 0.315 e. The molecule has 128 valence electrons. The van der Waals surface area contributed by atoms with Gasteiger partial charge in [-0.05, 0) is 17.7 Å². The number of nitrogens with one attached hydrogen (secondary N) is 2. The zero-order valence-electron chi connectivity index (χ0n) is 13.7. The smallest absolute Gasteiger partial charge is 0.315 e. The Morgan fingerprint density at radius 1 is 1.00 bits per heavy atom. The highest BCUT2D eigenvalue weighted by atomic mass is 16.5. The molecule has 2 rings (SSSR count). The number of nitrogens with zero attached hydrogens (tertiary/aromatic N) is 1. The molecule has 2 amide bonds. The fraction of sp³-hybridized carbons (Fsp3) is 0.294.